The van der Waals surface area contributed by atoms with Crippen molar-refractivity contribution in [2.24, 2.45) is 0 Å². The van der Waals surface area contributed by atoms with Gasteiger partial charge < -0.3 is 15.2 Å². The van der Waals surface area contributed by atoms with E-state index in [1.54, 1.807) is 0 Å². The van der Waals surface area contributed by atoms with E-state index in [2.05, 4.69) is 11.2 Å². The zero-order chi connectivity index (χ0) is 12.7. The molecule has 3 nitrogen and oxygen atoms in total. The highest BCUT2D eigenvalue weighted by molar-refractivity contribution is 5.27. The van der Waals surface area contributed by atoms with Crippen LogP contribution < -0.4 is 10.1 Å². The Labute approximate surface area is 103 Å². The normalized spacial score (nSPS) is 13.8. The Morgan fingerprint density at radius 3 is 2.94 bits per heavy atom. The zero-order valence-electron chi connectivity index (χ0n) is 10.3. The van der Waals surface area contributed by atoms with Crippen molar-refractivity contribution < 1.29 is 9.84 Å². The Hall–Kier alpha value is -1.50. The summed E-state index contributed by atoms with van der Waals surface area (Å²) >= 11 is 0. The van der Waals surface area contributed by atoms with E-state index in [9.17, 15) is 5.11 Å². The number of aliphatic hydroxyl groups is 1. The summed E-state index contributed by atoms with van der Waals surface area (Å²) in [6.07, 6.45) is 4.65. The minimum Gasteiger partial charge on any atom is -0.491 e. The third kappa shape index (κ3) is 5.39. The lowest BCUT2D eigenvalue weighted by Crippen LogP contribution is -2.35. The van der Waals surface area contributed by atoms with Crippen molar-refractivity contribution in [3.05, 3.63) is 29.8 Å². The van der Waals surface area contributed by atoms with Gasteiger partial charge in [-0.2, -0.15) is 0 Å². The molecule has 2 unspecified atom stereocenters. The first-order valence-electron chi connectivity index (χ1n) is 5.69. The maximum atomic E-state index is 9.67. The van der Waals surface area contributed by atoms with Crippen molar-refractivity contribution >= 4 is 0 Å². The summed E-state index contributed by atoms with van der Waals surface area (Å²) in [5, 5.41) is 12.7. The van der Waals surface area contributed by atoms with E-state index in [4.69, 9.17) is 11.2 Å². The lowest BCUT2D eigenvalue weighted by atomic mass is 10.2. The zero-order valence-corrected chi connectivity index (χ0v) is 10.3. The van der Waals surface area contributed by atoms with E-state index in [1.165, 1.54) is 0 Å². The van der Waals surface area contributed by atoms with Gasteiger partial charge in [0.05, 0.1) is 6.04 Å². The van der Waals surface area contributed by atoms with Gasteiger partial charge in [0.1, 0.15) is 18.5 Å². The minimum atomic E-state index is -0.564. The topological polar surface area (TPSA) is 41.5 Å². The first-order chi connectivity index (χ1) is 8.11. The first-order valence-corrected chi connectivity index (χ1v) is 5.69. The number of hydrogen-bond acceptors (Lipinski definition) is 3. The van der Waals surface area contributed by atoms with Gasteiger partial charge in [0.15, 0.2) is 0 Å². The van der Waals surface area contributed by atoms with Crippen molar-refractivity contribution in [1.29, 1.82) is 0 Å². The van der Waals surface area contributed by atoms with Crippen LogP contribution in [0.25, 0.3) is 0 Å². The van der Waals surface area contributed by atoms with Crippen LogP contribution in [0.4, 0.5) is 0 Å². The largest absolute Gasteiger partial charge is 0.491 e. The van der Waals surface area contributed by atoms with E-state index in [0.29, 0.717) is 6.54 Å². The molecule has 0 saturated carbocycles. The third-order valence-electron chi connectivity index (χ3n) is 2.34. The maximum Gasteiger partial charge on any atom is 0.119 e. The second-order valence-electron chi connectivity index (χ2n) is 4.08. The molecule has 1 rings (SSSR count). The number of terminal acetylenes is 1. The summed E-state index contributed by atoms with van der Waals surface area (Å²) in [6.45, 7) is 4.55. The summed E-state index contributed by atoms with van der Waals surface area (Å²) in [4.78, 5) is 0. The predicted molar refractivity (Wildman–Crippen MR) is 69.0 cm³/mol. The molecular weight excluding hydrogens is 214 g/mol. The molecular formula is C14H19NO2. The lowest BCUT2D eigenvalue weighted by molar-refractivity contribution is 0.105. The number of ether oxygens (including phenoxy) is 1. The summed E-state index contributed by atoms with van der Waals surface area (Å²) in [7, 11) is 0. The molecule has 0 saturated heterocycles. The molecule has 92 valence electrons. The Kier molecular flexibility index (Phi) is 5.55. The van der Waals surface area contributed by atoms with Gasteiger partial charge in [-0.3, -0.25) is 0 Å². The van der Waals surface area contributed by atoms with Gasteiger partial charge in [0.25, 0.3) is 0 Å². The van der Waals surface area contributed by atoms with E-state index >= 15 is 0 Å². The highest BCUT2D eigenvalue weighted by Gasteiger charge is 2.06. The van der Waals surface area contributed by atoms with Crippen LogP contribution in [-0.2, 0) is 0 Å². The molecule has 3 heteroatoms. The molecule has 0 amide bonds. The molecule has 0 aliphatic carbocycles. The Bertz CT molecular complexity index is 384. The monoisotopic (exact) mass is 233 g/mol. The number of benzene rings is 1. The van der Waals surface area contributed by atoms with E-state index < -0.39 is 6.10 Å². The van der Waals surface area contributed by atoms with Gasteiger partial charge in [-0.15, -0.1) is 6.42 Å². The van der Waals surface area contributed by atoms with Gasteiger partial charge in [0.2, 0.25) is 0 Å². The summed E-state index contributed by atoms with van der Waals surface area (Å²) in [5.41, 5.74) is 1.14. The molecule has 1 aromatic rings. The van der Waals surface area contributed by atoms with Crippen LogP contribution >= 0.6 is 0 Å². The van der Waals surface area contributed by atoms with Crippen LogP contribution in [0.5, 0.6) is 5.75 Å². The molecule has 0 radical (unpaired) electrons. The van der Waals surface area contributed by atoms with Crippen molar-refractivity contribution in [3.8, 4) is 18.1 Å². The molecule has 0 aliphatic heterocycles. The van der Waals surface area contributed by atoms with Crippen LogP contribution in [0.1, 0.15) is 12.5 Å². The van der Waals surface area contributed by atoms with Gasteiger partial charge >= 0.3 is 0 Å². The number of nitrogens with one attached hydrogen (secondary N) is 1. The fourth-order valence-electron chi connectivity index (χ4n) is 1.33. The number of aliphatic hydroxyl groups excluding tert-OH is 1. The molecule has 0 aromatic heterocycles. The Morgan fingerprint density at radius 1 is 1.53 bits per heavy atom. The molecule has 0 spiro atoms. The van der Waals surface area contributed by atoms with Gasteiger partial charge in [-0.05, 0) is 31.5 Å². The van der Waals surface area contributed by atoms with E-state index in [0.717, 1.165) is 11.3 Å². The fraction of sp³-hybridized carbons (Fsp3) is 0.429. The Morgan fingerprint density at radius 2 is 2.29 bits per heavy atom. The molecule has 1 aromatic carbocycles. The van der Waals surface area contributed by atoms with Crippen molar-refractivity contribution in [1.82, 2.24) is 5.32 Å². The van der Waals surface area contributed by atoms with Gasteiger partial charge in [0, 0.05) is 6.54 Å². The van der Waals surface area contributed by atoms with Gasteiger partial charge in [-0.25, -0.2) is 0 Å². The molecule has 0 bridgehead atoms. The fourth-order valence-corrected chi connectivity index (χ4v) is 1.33. The molecule has 2 N–H and O–H groups in total. The minimum absolute atomic E-state index is 0.0383. The van der Waals surface area contributed by atoms with Crippen LogP contribution in [0.3, 0.4) is 0 Å². The second-order valence-corrected chi connectivity index (χ2v) is 4.08. The summed E-state index contributed by atoms with van der Waals surface area (Å²) < 4.78 is 5.47. The predicted octanol–water partition coefficient (Wildman–Crippen LogP) is 1.35. The SMILES string of the molecule is C#CC(C)NCC(O)COc1cccc(C)c1. The molecule has 0 fully saturated rings. The highest BCUT2D eigenvalue weighted by atomic mass is 16.5. The van der Waals surface area contributed by atoms with Crippen LogP contribution in [0, 0.1) is 19.3 Å². The number of rotatable bonds is 6. The van der Waals surface area contributed by atoms with E-state index in [1.807, 2.05) is 38.1 Å². The molecule has 0 heterocycles. The maximum absolute atomic E-state index is 9.67. The standard InChI is InChI=1S/C14H19NO2/c1-4-12(3)15-9-13(16)10-17-14-7-5-6-11(2)8-14/h1,5-8,12-13,15-16H,9-10H2,2-3H3. The number of hydrogen-bond donors (Lipinski definition) is 2. The number of aryl methyl sites for hydroxylation is 1. The molecule has 17 heavy (non-hydrogen) atoms. The Balaban J connectivity index is 2.29. The van der Waals surface area contributed by atoms with Crippen molar-refractivity contribution in [2.45, 2.75) is 26.0 Å². The summed E-state index contributed by atoms with van der Waals surface area (Å²) in [5.74, 6) is 3.31. The van der Waals surface area contributed by atoms with E-state index in [-0.39, 0.29) is 12.6 Å². The molecule has 2 atom stereocenters. The first kappa shape index (κ1) is 13.6. The van der Waals surface area contributed by atoms with Crippen molar-refractivity contribution in [3.63, 3.8) is 0 Å². The average molecular weight is 233 g/mol. The average Bonchev–Trinajstić information content (AvgIpc) is 2.33. The third-order valence-corrected chi connectivity index (χ3v) is 2.34. The quantitative estimate of drug-likeness (QED) is 0.729. The highest BCUT2D eigenvalue weighted by Crippen LogP contribution is 2.12. The van der Waals surface area contributed by atoms with Gasteiger partial charge in [-0.1, -0.05) is 18.1 Å². The van der Waals surface area contributed by atoms with Crippen molar-refractivity contribution in [2.75, 3.05) is 13.2 Å². The smallest absolute Gasteiger partial charge is 0.119 e. The summed E-state index contributed by atoms with van der Waals surface area (Å²) in [6, 6.07) is 7.69. The second kappa shape index (κ2) is 6.95. The lowest BCUT2D eigenvalue weighted by Gasteiger charge is -2.14. The molecule has 0 aliphatic rings. The van der Waals surface area contributed by atoms with Crippen LogP contribution in [0.15, 0.2) is 24.3 Å². The van der Waals surface area contributed by atoms with Crippen LogP contribution in [-0.4, -0.2) is 30.4 Å². The van der Waals surface area contributed by atoms with Crippen LogP contribution in [0.2, 0.25) is 0 Å².